The third-order valence-electron chi connectivity index (χ3n) is 4.75. The standard InChI is InChI=1S/C14H16ClN9O6/c1-14(12(27)28,11-20-22-23-21-11)29-2-4-6(25)7(26)10(30-4)24-3-17-5-8(16)18-13(15)19-9(5)24/h3-4,6-7,10,25-26H,2H2,1H3,(H,27,28)(H2,16,18,19)(H,20,21,22,23)/t4-,6+,7-,10-,14?/m1/s1. The number of rotatable bonds is 6. The van der Waals surface area contributed by atoms with E-state index in [0.29, 0.717) is 0 Å². The predicted molar refractivity (Wildman–Crippen MR) is 95.8 cm³/mol. The highest BCUT2D eigenvalue weighted by atomic mass is 35.5. The van der Waals surface area contributed by atoms with E-state index in [1.54, 1.807) is 0 Å². The summed E-state index contributed by atoms with van der Waals surface area (Å²) in [5.41, 5.74) is 4.23. The molecule has 1 fully saturated rings. The summed E-state index contributed by atoms with van der Waals surface area (Å²) in [6.45, 7) is 0.817. The van der Waals surface area contributed by atoms with Gasteiger partial charge in [-0.3, -0.25) is 4.57 Å². The summed E-state index contributed by atoms with van der Waals surface area (Å²) in [6.07, 6.45) is -3.73. The number of hydrogen-bond acceptors (Lipinski definition) is 12. The largest absolute Gasteiger partial charge is 0.479 e. The molecular weight excluding hydrogens is 426 g/mol. The van der Waals surface area contributed by atoms with Crippen molar-refractivity contribution >= 4 is 34.6 Å². The first-order valence-electron chi connectivity index (χ1n) is 8.50. The van der Waals surface area contributed by atoms with Crippen LogP contribution in [0.4, 0.5) is 5.82 Å². The number of aliphatic hydroxyl groups excluding tert-OH is 2. The van der Waals surface area contributed by atoms with Gasteiger partial charge in [0, 0.05) is 0 Å². The maximum Gasteiger partial charge on any atom is 0.343 e. The summed E-state index contributed by atoms with van der Waals surface area (Å²) in [5, 5.41) is 43.0. The molecule has 3 aromatic rings. The smallest absolute Gasteiger partial charge is 0.343 e. The van der Waals surface area contributed by atoms with E-state index in [-0.39, 0.29) is 28.1 Å². The minimum absolute atomic E-state index is 0.0361. The Hall–Kier alpha value is -2.98. The maximum absolute atomic E-state index is 11.7. The maximum atomic E-state index is 11.7. The Morgan fingerprint density at radius 3 is 2.87 bits per heavy atom. The van der Waals surface area contributed by atoms with Gasteiger partial charge >= 0.3 is 5.97 Å². The Bertz CT molecular complexity index is 1080. The molecule has 160 valence electrons. The quantitative estimate of drug-likeness (QED) is 0.267. The van der Waals surface area contributed by atoms with Gasteiger partial charge in [-0.2, -0.15) is 15.2 Å². The third-order valence-corrected chi connectivity index (χ3v) is 4.92. The molecule has 0 bridgehead atoms. The Balaban J connectivity index is 1.56. The fourth-order valence-electron chi connectivity index (χ4n) is 3.03. The summed E-state index contributed by atoms with van der Waals surface area (Å²) in [7, 11) is 0. The first-order valence-corrected chi connectivity index (χ1v) is 8.88. The van der Waals surface area contributed by atoms with E-state index in [0.717, 1.165) is 0 Å². The van der Waals surface area contributed by atoms with Crippen molar-refractivity contribution in [2.75, 3.05) is 12.3 Å². The molecule has 3 aromatic heterocycles. The highest BCUT2D eigenvalue weighted by molar-refractivity contribution is 6.28. The lowest BCUT2D eigenvalue weighted by Crippen LogP contribution is -2.41. The Kier molecular flexibility index (Phi) is 4.99. The van der Waals surface area contributed by atoms with Crippen LogP contribution in [0.2, 0.25) is 5.28 Å². The monoisotopic (exact) mass is 441 g/mol. The van der Waals surface area contributed by atoms with Crippen molar-refractivity contribution in [3.8, 4) is 0 Å². The topological polar surface area (TPSA) is 220 Å². The Morgan fingerprint density at radius 1 is 1.43 bits per heavy atom. The van der Waals surface area contributed by atoms with Crippen molar-refractivity contribution in [1.82, 2.24) is 40.1 Å². The molecule has 30 heavy (non-hydrogen) atoms. The zero-order valence-corrected chi connectivity index (χ0v) is 16.0. The molecule has 0 aromatic carbocycles. The molecule has 1 unspecified atom stereocenters. The Labute approximate surface area is 171 Å². The van der Waals surface area contributed by atoms with Crippen LogP contribution in [0.3, 0.4) is 0 Å². The summed E-state index contributed by atoms with van der Waals surface area (Å²) >= 11 is 5.84. The van der Waals surface area contributed by atoms with E-state index in [9.17, 15) is 20.1 Å². The van der Waals surface area contributed by atoms with Gasteiger partial charge in [0.25, 0.3) is 0 Å². The van der Waals surface area contributed by atoms with Crippen molar-refractivity contribution < 1.29 is 29.6 Å². The summed E-state index contributed by atoms with van der Waals surface area (Å²) < 4.78 is 12.5. The second kappa shape index (κ2) is 7.37. The van der Waals surface area contributed by atoms with Crippen LogP contribution in [-0.2, 0) is 19.9 Å². The lowest BCUT2D eigenvalue weighted by Gasteiger charge is -2.24. The average molecular weight is 442 g/mol. The number of aromatic nitrogens is 8. The minimum Gasteiger partial charge on any atom is -0.479 e. The van der Waals surface area contributed by atoms with Crippen molar-refractivity contribution in [2.45, 2.75) is 37.1 Å². The molecule has 16 heteroatoms. The average Bonchev–Trinajstić information content (AvgIpc) is 3.42. The van der Waals surface area contributed by atoms with E-state index in [1.807, 2.05) is 0 Å². The number of ether oxygens (including phenoxy) is 2. The number of aliphatic carboxylic acids is 1. The lowest BCUT2D eigenvalue weighted by molar-refractivity contribution is -0.174. The minimum atomic E-state index is -1.96. The van der Waals surface area contributed by atoms with Gasteiger partial charge < -0.3 is 30.5 Å². The van der Waals surface area contributed by atoms with Crippen molar-refractivity contribution in [3.63, 3.8) is 0 Å². The molecule has 0 amide bonds. The zero-order chi connectivity index (χ0) is 21.6. The molecule has 4 rings (SSSR count). The predicted octanol–water partition coefficient (Wildman–Crippen LogP) is -1.79. The van der Waals surface area contributed by atoms with Crippen LogP contribution in [0.15, 0.2) is 6.33 Å². The van der Waals surface area contributed by atoms with Gasteiger partial charge in [-0.25, -0.2) is 9.78 Å². The van der Waals surface area contributed by atoms with Gasteiger partial charge in [0.15, 0.2) is 17.7 Å². The number of aliphatic hydroxyl groups is 2. The van der Waals surface area contributed by atoms with Crippen molar-refractivity contribution in [2.24, 2.45) is 0 Å². The Morgan fingerprint density at radius 2 is 2.20 bits per heavy atom. The van der Waals surface area contributed by atoms with Gasteiger partial charge in [-0.05, 0) is 18.5 Å². The van der Waals surface area contributed by atoms with E-state index >= 15 is 0 Å². The number of hydrogen-bond donors (Lipinski definition) is 5. The molecule has 5 atom stereocenters. The zero-order valence-electron chi connectivity index (χ0n) is 15.2. The number of nitrogens with zero attached hydrogens (tertiary/aromatic N) is 7. The first kappa shape index (κ1) is 20.3. The summed E-state index contributed by atoms with van der Waals surface area (Å²) in [4.78, 5) is 23.6. The van der Waals surface area contributed by atoms with Crippen LogP contribution >= 0.6 is 11.6 Å². The number of halogens is 1. The van der Waals surface area contributed by atoms with E-state index < -0.39 is 42.7 Å². The number of carboxylic acids is 1. The number of carboxylic acid groups (broad SMARTS) is 1. The second-order valence-electron chi connectivity index (χ2n) is 6.63. The highest BCUT2D eigenvalue weighted by Gasteiger charge is 2.47. The number of nitrogen functional groups attached to an aromatic ring is 1. The SMILES string of the molecule is CC(OC[C@H]1O[C@@H](n2cnc3c(N)nc(Cl)nc32)[C@H](O)[C@H]1O)(C(=O)O)c1nn[nH]n1. The van der Waals surface area contributed by atoms with Crippen LogP contribution in [-0.4, -0.2) is 86.4 Å². The van der Waals surface area contributed by atoms with Crippen LogP contribution in [0.25, 0.3) is 11.2 Å². The number of fused-ring (bicyclic) bond motifs is 1. The fraction of sp³-hybridized carbons (Fsp3) is 0.500. The molecule has 0 saturated carbocycles. The molecule has 1 saturated heterocycles. The van der Waals surface area contributed by atoms with Crippen LogP contribution < -0.4 is 5.73 Å². The van der Waals surface area contributed by atoms with Gasteiger partial charge in [0.2, 0.25) is 16.7 Å². The molecule has 0 spiro atoms. The first-order chi connectivity index (χ1) is 14.2. The van der Waals surface area contributed by atoms with Gasteiger partial charge in [-0.1, -0.05) is 5.21 Å². The van der Waals surface area contributed by atoms with E-state index in [2.05, 4.69) is 35.6 Å². The number of imidazole rings is 1. The fourth-order valence-corrected chi connectivity index (χ4v) is 3.20. The molecule has 6 N–H and O–H groups in total. The normalized spacial score (nSPS) is 26.1. The second-order valence-corrected chi connectivity index (χ2v) is 6.97. The molecule has 1 aliphatic heterocycles. The van der Waals surface area contributed by atoms with Crippen LogP contribution in [0.1, 0.15) is 19.0 Å². The third kappa shape index (κ3) is 3.21. The molecule has 4 heterocycles. The lowest BCUT2D eigenvalue weighted by atomic mass is 10.1. The molecule has 1 aliphatic rings. The van der Waals surface area contributed by atoms with Gasteiger partial charge in [-0.15, -0.1) is 10.2 Å². The molecular formula is C14H16ClN9O6. The molecule has 0 radical (unpaired) electrons. The number of aromatic amines is 1. The molecule has 15 nitrogen and oxygen atoms in total. The summed E-state index contributed by atoms with van der Waals surface area (Å²) in [5.74, 6) is -1.56. The van der Waals surface area contributed by atoms with E-state index in [1.165, 1.54) is 17.8 Å². The van der Waals surface area contributed by atoms with Crippen molar-refractivity contribution in [1.29, 1.82) is 0 Å². The van der Waals surface area contributed by atoms with E-state index in [4.69, 9.17) is 26.8 Å². The van der Waals surface area contributed by atoms with Crippen molar-refractivity contribution in [3.05, 3.63) is 17.4 Å². The van der Waals surface area contributed by atoms with Gasteiger partial charge in [0.1, 0.15) is 23.8 Å². The summed E-state index contributed by atoms with van der Waals surface area (Å²) in [6, 6.07) is 0. The number of tetrazole rings is 1. The van der Waals surface area contributed by atoms with Gasteiger partial charge in [0.05, 0.1) is 12.9 Å². The number of nitrogens with one attached hydrogen (secondary N) is 1. The number of carbonyl (C=O) groups is 1. The highest BCUT2D eigenvalue weighted by Crippen LogP contribution is 2.34. The number of H-pyrrole nitrogens is 1. The van der Waals surface area contributed by atoms with Crippen LogP contribution in [0, 0.1) is 0 Å². The number of anilines is 1. The van der Waals surface area contributed by atoms with Crippen LogP contribution in [0.5, 0.6) is 0 Å². The molecule has 0 aliphatic carbocycles. The number of nitrogens with two attached hydrogens (primary N) is 1.